The Kier molecular flexibility index (Phi) is 7.48. The van der Waals surface area contributed by atoms with Crippen LogP contribution in [0.3, 0.4) is 0 Å². The van der Waals surface area contributed by atoms with E-state index in [-0.39, 0.29) is 0 Å². The third-order valence-corrected chi connectivity index (χ3v) is 5.72. The second-order valence-electron chi connectivity index (χ2n) is 7.02. The van der Waals surface area contributed by atoms with Crippen LogP contribution < -0.4 is 5.32 Å². The van der Waals surface area contributed by atoms with E-state index in [0.29, 0.717) is 0 Å². The van der Waals surface area contributed by atoms with Crippen molar-refractivity contribution in [1.82, 2.24) is 15.1 Å². The van der Waals surface area contributed by atoms with Crippen LogP contribution in [0.25, 0.3) is 0 Å². The molecule has 21 heavy (non-hydrogen) atoms. The predicted octanol–water partition coefficient (Wildman–Crippen LogP) is 2.96. The Balaban J connectivity index is 1.67. The Labute approximate surface area is 132 Å². The Hall–Kier alpha value is -0.120. The average molecular weight is 296 g/mol. The SMILES string of the molecule is CCN(CC)CCCN(CC)CC1CC2CCCCC2N1. The van der Waals surface area contributed by atoms with Crippen LogP contribution in [0, 0.1) is 5.92 Å². The van der Waals surface area contributed by atoms with Crippen LogP contribution in [0.2, 0.25) is 0 Å². The van der Waals surface area contributed by atoms with Crippen LogP contribution in [0.5, 0.6) is 0 Å². The molecule has 1 saturated heterocycles. The molecule has 0 spiro atoms. The van der Waals surface area contributed by atoms with Crippen molar-refractivity contribution in [1.29, 1.82) is 0 Å². The molecule has 3 heteroatoms. The van der Waals surface area contributed by atoms with E-state index >= 15 is 0 Å². The van der Waals surface area contributed by atoms with Crippen molar-refractivity contribution in [3.8, 4) is 0 Å². The molecule has 3 unspecified atom stereocenters. The van der Waals surface area contributed by atoms with Crippen LogP contribution in [-0.2, 0) is 0 Å². The summed E-state index contributed by atoms with van der Waals surface area (Å²) in [6.07, 6.45) is 8.56. The van der Waals surface area contributed by atoms with Crippen molar-refractivity contribution in [3.63, 3.8) is 0 Å². The van der Waals surface area contributed by atoms with Gasteiger partial charge in [0.15, 0.2) is 0 Å². The molecule has 1 aliphatic heterocycles. The molecule has 3 nitrogen and oxygen atoms in total. The molecule has 1 heterocycles. The zero-order valence-corrected chi connectivity index (χ0v) is 14.6. The van der Waals surface area contributed by atoms with Crippen LogP contribution >= 0.6 is 0 Å². The monoisotopic (exact) mass is 295 g/mol. The summed E-state index contributed by atoms with van der Waals surface area (Å²) >= 11 is 0. The number of hydrogen-bond acceptors (Lipinski definition) is 3. The molecular formula is C18H37N3. The zero-order chi connectivity index (χ0) is 15.1. The smallest absolute Gasteiger partial charge is 0.0200 e. The van der Waals surface area contributed by atoms with E-state index in [9.17, 15) is 0 Å². The highest BCUT2D eigenvalue weighted by Crippen LogP contribution is 2.33. The van der Waals surface area contributed by atoms with Crippen LogP contribution in [-0.4, -0.2) is 61.2 Å². The molecule has 0 amide bonds. The summed E-state index contributed by atoms with van der Waals surface area (Å²) in [5, 5.41) is 3.93. The predicted molar refractivity (Wildman–Crippen MR) is 91.8 cm³/mol. The van der Waals surface area contributed by atoms with E-state index in [1.54, 1.807) is 0 Å². The molecule has 1 N–H and O–H groups in total. The maximum absolute atomic E-state index is 3.93. The molecule has 2 rings (SSSR count). The highest BCUT2D eigenvalue weighted by atomic mass is 15.2. The number of fused-ring (bicyclic) bond motifs is 1. The average Bonchev–Trinajstić information content (AvgIpc) is 2.92. The fourth-order valence-electron chi connectivity index (χ4n) is 4.32. The zero-order valence-electron chi connectivity index (χ0n) is 14.6. The minimum Gasteiger partial charge on any atom is -0.310 e. The van der Waals surface area contributed by atoms with Gasteiger partial charge in [0.05, 0.1) is 0 Å². The van der Waals surface area contributed by atoms with Gasteiger partial charge in [0.2, 0.25) is 0 Å². The number of likely N-dealkylation sites (N-methyl/N-ethyl adjacent to an activating group) is 1. The fraction of sp³-hybridized carbons (Fsp3) is 1.00. The van der Waals surface area contributed by atoms with Gasteiger partial charge in [-0.15, -0.1) is 0 Å². The molecule has 1 aliphatic carbocycles. The van der Waals surface area contributed by atoms with Crippen molar-refractivity contribution >= 4 is 0 Å². The summed E-state index contributed by atoms with van der Waals surface area (Å²) in [4.78, 5) is 5.20. The molecule has 0 radical (unpaired) electrons. The van der Waals surface area contributed by atoms with E-state index in [4.69, 9.17) is 0 Å². The quantitative estimate of drug-likeness (QED) is 0.705. The summed E-state index contributed by atoms with van der Waals surface area (Å²) in [5.74, 6) is 0.984. The maximum atomic E-state index is 3.93. The molecule has 0 bridgehead atoms. The lowest BCUT2D eigenvalue weighted by Crippen LogP contribution is -2.41. The Morgan fingerprint density at radius 2 is 1.57 bits per heavy atom. The van der Waals surface area contributed by atoms with Gasteiger partial charge in [-0.3, -0.25) is 0 Å². The van der Waals surface area contributed by atoms with Gasteiger partial charge >= 0.3 is 0 Å². The lowest BCUT2D eigenvalue weighted by atomic mass is 9.85. The van der Waals surface area contributed by atoms with E-state index < -0.39 is 0 Å². The summed E-state index contributed by atoms with van der Waals surface area (Å²) in [6, 6.07) is 1.60. The van der Waals surface area contributed by atoms with Crippen molar-refractivity contribution in [2.75, 3.05) is 39.3 Å². The van der Waals surface area contributed by atoms with Gasteiger partial charge in [0, 0.05) is 18.6 Å². The number of nitrogens with one attached hydrogen (secondary N) is 1. The molecule has 3 atom stereocenters. The Morgan fingerprint density at radius 1 is 0.905 bits per heavy atom. The first kappa shape index (κ1) is 17.2. The second-order valence-corrected chi connectivity index (χ2v) is 7.02. The van der Waals surface area contributed by atoms with Crippen molar-refractivity contribution in [3.05, 3.63) is 0 Å². The second kappa shape index (κ2) is 9.12. The first-order valence-electron chi connectivity index (χ1n) is 9.47. The van der Waals surface area contributed by atoms with Gasteiger partial charge in [-0.1, -0.05) is 33.6 Å². The third-order valence-electron chi connectivity index (χ3n) is 5.72. The fourth-order valence-corrected chi connectivity index (χ4v) is 4.32. The van der Waals surface area contributed by atoms with E-state index in [0.717, 1.165) is 18.0 Å². The van der Waals surface area contributed by atoms with E-state index in [1.807, 2.05) is 0 Å². The summed E-state index contributed by atoms with van der Waals surface area (Å²) in [7, 11) is 0. The third kappa shape index (κ3) is 5.22. The lowest BCUT2D eigenvalue weighted by Gasteiger charge is -2.26. The van der Waals surface area contributed by atoms with Gasteiger partial charge in [-0.2, -0.15) is 0 Å². The van der Waals surface area contributed by atoms with Gasteiger partial charge in [0.25, 0.3) is 0 Å². The van der Waals surface area contributed by atoms with Gasteiger partial charge < -0.3 is 15.1 Å². The summed E-state index contributed by atoms with van der Waals surface area (Å²) < 4.78 is 0. The molecule has 0 aromatic rings. The molecule has 2 fully saturated rings. The maximum Gasteiger partial charge on any atom is 0.0200 e. The lowest BCUT2D eigenvalue weighted by molar-refractivity contribution is 0.228. The largest absolute Gasteiger partial charge is 0.310 e. The first-order valence-corrected chi connectivity index (χ1v) is 9.47. The first-order chi connectivity index (χ1) is 10.3. The van der Waals surface area contributed by atoms with E-state index in [2.05, 4.69) is 35.9 Å². The summed E-state index contributed by atoms with van der Waals surface area (Å²) in [6.45, 7) is 14.2. The van der Waals surface area contributed by atoms with Gasteiger partial charge in [-0.05, 0) is 64.3 Å². The number of rotatable bonds is 9. The minimum absolute atomic E-state index is 0.756. The molecule has 0 aromatic carbocycles. The highest BCUT2D eigenvalue weighted by Gasteiger charge is 2.35. The van der Waals surface area contributed by atoms with Crippen LogP contribution in [0.4, 0.5) is 0 Å². The van der Waals surface area contributed by atoms with Crippen LogP contribution in [0.15, 0.2) is 0 Å². The number of hydrogen-bond donors (Lipinski definition) is 1. The molecular weight excluding hydrogens is 258 g/mol. The standard InChI is InChI=1S/C18H37N3/c1-4-20(5-2)12-9-13-21(6-3)15-17-14-16-10-7-8-11-18(16)19-17/h16-19H,4-15H2,1-3H3. The Morgan fingerprint density at radius 3 is 2.24 bits per heavy atom. The van der Waals surface area contributed by atoms with Crippen LogP contribution in [0.1, 0.15) is 59.3 Å². The van der Waals surface area contributed by atoms with Gasteiger partial charge in [-0.25, -0.2) is 0 Å². The topological polar surface area (TPSA) is 18.5 Å². The molecule has 0 aromatic heterocycles. The van der Waals surface area contributed by atoms with Crippen molar-refractivity contribution < 1.29 is 0 Å². The normalized spacial score (nSPS) is 29.3. The minimum atomic E-state index is 0.756. The van der Waals surface area contributed by atoms with Crippen molar-refractivity contribution in [2.45, 2.75) is 71.4 Å². The van der Waals surface area contributed by atoms with E-state index in [1.165, 1.54) is 77.8 Å². The highest BCUT2D eigenvalue weighted by molar-refractivity contribution is 4.93. The summed E-state index contributed by atoms with van der Waals surface area (Å²) in [5.41, 5.74) is 0. The molecule has 1 saturated carbocycles. The Bertz CT molecular complexity index is 264. The molecule has 2 aliphatic rings. The number of nitrogens with zero attached hydrogens (tertiary/aromatic N) is 2. The van der Waals surface area contributed by atoms with Gasteiger partial charge in [0.1, 0.15) is 0 Å². The van der Waals surface area contributed by atoms with Crippen molar-refractivity contribution in [2.24, 2.45) is 5.92 Å². The molecule has 124 valence electrons.